The molecule has 0 bridgehead atoms. The average molecular weight is 465 g/mol. The van der Waals surface area contributed by atoms with Gasteiger partial charge in [0, 0.05) is 25.3 Å². The van der Waals surface area contributed by atoms with Crippen molar-refractivity contribution in [3.8, 4) is 17.1 Å². The lowest BCUT2D eigenvalue weighted by Gasteiger charge is -2.26. The number of hydrogen-bond donors (Lipinski definition) is 1. The number of ether oxygens (including phenoxy) is 1. The zero-order valence-corrected chi connectivity index (χ0v) is 19.0. The molecule has 1 aliphatic carbocycles. The molecule has 180 valence electrons. The first-order chi connectivity index (χ1) is 15.8. The first kappa shape index (κ1) is 23.6. The maximum Gasteiger partial charge on any atom is 0.573 e. The van der Waals surface area contributed by atoms with Crippen LogP contribution in [0.1, 0.15) is 67.5 Å². The minimum Gasteiger partial charge on any atom is -0.405 e. The van der Waals surface area contributed by atoms with Gasteiger partial charge in [0.25, 0.3) is 5.91 Å². The summed E-state index contributed by atoms with van der Waals surface area (Å²) in [4.78, 5) is 17.7. The summed E-state index contributed by atoms with van der Waals surface area (Å²) in [6.45, 7) is 3.99. The second kappa shape index (κ2) is 10.2. The monoisotopic (exact) mass is 464 g/mol. The number of hydrogen-bond acceptors (Lipinski definition) is 4. The van der Waals surface area contributed by atoms with Crippen LogP contribution >= 0.6 is 0 Å². The lowest BCUT2D eigenvalue weighted by molar-refractivity contribution is -0.274. The number of hydrazine groups is 1. The summed E-state index contributed by atoms with van der Waals surface area (Å²) in [5.41, 5.74) is 4.06. The Balaban J connectivity index is 1.70. The quantitative estimate of drug-likeness (QED) is 0.616. The minimum atomic E-state index is -4.82. The van der Waals surface area contributed by atoms with E-state index in [0.29, 0.717) is 24.0 Å². The second-order valence-corrected chi connectivity index (χ2v) is 9.02. The Kier molecular flexibility index (Phi) is 7.26. The van der Waals surface area contributed by atoms with E-state index in [1.165, 1.54) is 18.6 Å². The molecule has 33 heavy (non-hydrogen) atoms. The smallest absolute Gasteiger partial charge is 0.405 e. The highest BCUT2D eigenvalue weighted by Gasteiger charge is 2.33. The number of carbonyl (C=O) groups excluding carboxylic acids is 1. The Hall–Kier alpha value is -2.55. The van der Waals surface area contributed by atoms with E-state index in [-0.39, 0.29) is 22.9 Å². The van der Waals surface area contributed by atoms with Crippen molar-refractivity contribution in [2.24, 2.45) is 5.92 Å². The Morgan fingerprint density at radius 2 is 1.76 bits per heavy atom. The Labute approximate surface area is 192 Å². The van der Waals surface area contributed by atoms with Crippen molar-refractivity contribution in [2.75, 3.05) is 13.1 Å². The molecule has 2 aromatic rings. The molecule has 4 rings (SSSR count). The van der Waals surface area contributed by atoms with Crippen molar-refractivity contribution < 1.29 is 22.7 Å². The number of rotatable bonds is 6. The van der Waals surface area contributed by atoms with Gasteiger partial charge in [-0.1, -0.05) is 37.8 Å². The van der Waals surface area contributed by atoms with Gasteiger partial charge >= 0.3 is 6.36 Å². The predicted octanol–water partition coefficient (Wildman–Crippen LogP) is 5.47. The van der Waals surface area contributed by atoms with Gasteiger partial charge in [-0.05, 0) is 50.7 Å². The van der Waals surface area contributed by atoms with Crippen molar-refractivity contribution in [3.05, 3.63) is 35.7 Å². The molecule has 1 N–H and O–H groups in total. The summed E-state index contributed by atoms with van der Waals surface area (Å²) < 4.78 is 45.4. The SMILES string of the molecule is Cc1c(C(=O)NN2CCCCC2)nc(-c2ccccc2OC(F)(F)F)n1CC1CCCCC1. The van der Waals surface area contributed by atoms with Gasteiger partial charge in [0.2, 0.25) is 0 Å². The fraction of sp³-hybridized carbons (Fsp3) is 0.583. The molecule has 2 aliphatic rings. The van der Waals surface area contributed by atoms with Crippen molar-refractivity contribution in [1.29, 1.82) is 0 Å². The van der Waals surface area contributed by atoms with Gasteiger partial charge in [0.1, 0.15) is 11.6 Å². The molecular formula is C24H31F3N4O2. The van der Waals surface area contributed by atoms with Crippen molar-refractivity contribution in [2.45, 2.75) is 71.2 Å². The number of nitrogens with one attached hydrogen (secondary N) is 1. The summed E-state index contributed by atoms with van der Waals surface area (Å²) in [7, 11) is 0. The van der Waals surface area contributed by atoms with E-state index >= 15 is 0 Å². The van der Waals surface area contributed by atoms with Crippen LogP contribution in [0.3, 0.4) is 0 Å². The molecule has 1 aliphatic heterocycles. The molecule has 2 heterocycles. The highest BCUT2D eigenvalue weighted by molar-refractivity contribution is 5.94. The van der Waals surface area contributed by atoms with E-state index in [1.54, 1.807) is 12.1 Å². The van der Waals surface area contributed by atoms with Crippen LogP contribution in [0.5, 0.6) is 5.75 Å². The second-order valence-electron chi connectivity index (χ2n) is 9.02. The summed E-state index contributed by atoms with van der Waals surface area (Å²) in [6.07, 6.45) is 3.97. The number of aromatic nitrogens is 2. The largest absolute Gasteiger partial charge is 0.573 e. The predicted molar refractivity (Wildman–Crippen MR) is 119 cm³/mol. The minimum absolute atomic E-state index is 0.228. The molecule has 0 spiro atoms. The number of halogens is 3. The van der Waals surface area contributed by atoms with Crippen LogP contribution in [0, 0.1) is 12.8 Å². The number of piperidine rings is 1. The topological polar surface area (TPSA) is 59.4 Å². The third kappa shape index (κ3) is 5.88. The number of alkyl halides is 3. The van der Waals surface area contributed by atoms with Gasteiger partial charge in [0.05, 0.1) is 5.56 Å². The molecule has 2 fully saturated rings. The van der Waals surface area contributed by atoms with E-state index in [1.807, 2.05) is 16.5 Å². The molecule has 0 unspecified atom stereocenters. The number of carbonyl (C=O) groups is 1. The van der Waals surface area contributed by atoms with Crippen LogP contribution in [0.2, 0.25) is 0 Å². The number of amides is 1. The standard InChI is InChI=1S/C24H31F3N4O2/c1-17-21(23(32)29-30-14-8-3-9-15-30)28-22(31(17)16-18-10-4-2-5-11-18)19-12-6-7-13-20(19)33-24(25,26)27/h6-7,12-13,18H,2-5,8-11,14-16H2,1H3,(H,29,32). The normalized spacial score (nSPS) is 18.3. The lowest BCUT2D eigenvalue weighted by atomic mass is 9.89. The van der Waals surface area contributed by atoms with Crippen LogP contribution in [-0.2, 0) is 6.54 Å². The van der Waals surface area contributed by atoms with E-state index in [0.717, 1.165) is 58.0 Å². The molecule has 1 aromatic heterocycles. The Bertz CT molecular complexity index is 961. The highest BCUT2D eigenvalue weighted by Crippen LogP contribution is 2.36. The molecule has 9 heteroatoms. The highest BCUT2D eigenvalue weighted by atomic mass is 19.4. The van der Waals surface area contributed by atoms with Crippen LogP contribution in [0.25, 0.3) is 11.4 Å². The molecule has 1 amide bonds. The molecule has 0 atom stereocenters. The molecular weight excluding hydrogens is 433 g/mol. The van der Waals surface area contributed by atoms with Crippen molar-refractivity contribution in [1.82, 2.24) is 20.0 Å². The van der Waals surface area contributed by atoms with E-state index in [9.17, 15) is 18.0 Å². The number of benzene rings is 1. The Morgan fingerprint density at radius 1 is 1.09 bits per heavy atom. The lowest BCUT2D eigenvalue weighted by Crippen LogP contribution is -2.45. The zero-order chi connectivity index (χ0) is 23.4. The zero-order valence-electron chi connectivity index (χ0n) is 19.0. The summed E-state index contributed by atoms with van der Waals surface area (Å²) in [5, 5.41) is 1.89. The summed E-state index contributed by atoms with van der Waals surface area (Å²) in [5.74, 6) is 0.0935. The van der Waals surface area contributed by atoms with Gasteiger partial charge in [-0.25, -0.2) is 9.99 Å². The van der Waals surface area contributed by atoms with Gasteiger partial charge in [0.15, 0.2) is 5.69 Å². The maximum absolute atomic E-state index is 13.1. The fourth-order valence-electron chi connectivity index (χ4n) is 4.87. The number of imidazole rings is 1. The van der Waals surface area contributed by atoms with Gasteiger partial charge in [-0.2, -0.15) is 0 Å². The van der Waals surface area contributed by atoms with E-state index in [2.05, 4.69) is 15.1 Å². The molecule has 1 saturated heterocycles. The van der Waals surface area contributed by atoms with E-state index < -0.39 is 6.36 Å². The average Bonchev–Trinajstić information content (AvgIpc) is 3.10. The molecule has 6 nitrogen and oxygen atoms in total. The maximum atomic E-state index is 13.1. The fourth-order valence-corrected chi connectivity index (χ4v) is 4.87. The van der Waals surface area contributed by atoms with E-state index in [4.69, 9.17) is 0 Å². The van der Waals surface area contributed by atoms with Crippen molar-refractivity contribution in [3.63, 3.8) is 0 Å². The van der Waals surface area contributed by atoms with Crippen LogP contribution in [0.15, 0.2) is 24.3 Å². The Morgan fingerprint density at radius 3 is 2.45 bits per heavy atom. The third-order valence-electron chi connectivity index (χ3n) is 6.57. The summed E-state index contributed by atoms with van der Waals surface area (Å²) >= 11 is 0. The first-order valence-electron chi connectivity index (χ1n) is 11.8. The molecule has 1 saturated carbocycles. The number of nitrogens with zero attached hydrogens (tertiary/aromatic N) is 3. The molecule has 1 aromatic carbocycles. The summed E-state index contributed by atoms with van der Waals surface area (Å²) in [6, 6.07) is 5.99. The third-order valence-corrected chi connectivity index (χ3v) is 6.57. The molecule has 0 radical (unpaired) electrons. The first-order valence-corrected chi connectivity index (χ1v) is 11.8. The number of para-hydroxylation sites is 1. The van der Waals surface area contributed by atoms with Crippen LogP contribution in [0.4, 0.5) is 13.2 Å². The van der Waals surface area contributed by atoms with Crippen molar-refractivity contribution >= 4 is 5.91 Å². The van der Waals surface area contributed by atoms with Gasteiger partial charge in [-0.3, -0.25) is 10.2 Å². The van der Waals surface area contributed by atoms with Crippen LogP contribution < -0.4 is 10.2 Å². The van der Waals surface area contributed by atoms with Crippen LogP contribution in [-0.4, -0.2) is 39.9 Å². The van der Waals surface area contributed by atoms with Gasteiger partial charge < -0.3 is 9.30 Å². The van der Waals surface area contributed by atoms with Gasteiger partial charge in [-0.15, -0.1) is 13.2 Å².